The second-order valence-electron chi connectivity index (χ2n) is 7.71. The summed E-state index contributed by atoms with van der Waals surface area (Å²) in [5.41, 5.74) is 2.48. The molecule has 4 heterocycles. The van der Waals surface area contributed by atoms with Crippen LogP contribution < -0.4 is 4.90 Å². The molecule has 1 unspecified atom stereocenters. The van der Waals surface area contributed by atoms with Gasteiger partial charge in [-0.05, 0) is 25.3 Å². The molecule has 146 valence electrons. The molecule has 3 aromatic rings. The van der Waals surface area contributed by atoms with Crippen LogP contribution in [0.3, 0.4) is 0 Å². The van der Waals surface area contributed by atoms with E-state index in [2.05, 4.69) is 45.5 Å². The van der Waals surface area contributed by atoms with E-state index in [1.54, 1.807) is 11.3 Å². The molecular weight excluding hydrogens is 368 g/mol. The Bertz CT molecular complexity index is 944. The van der Waals surface area contributed by atoms with Crippen molar-refractivity contribution in [1.29, 1.82) is 0 Å². The maximum Gasteiger partial charge on any atom is 0.141 e. The third kappa shape index (κ3) is 3.52. The highest BCUT2D eigenvalue weighted by atomic mass is 32.1. The summed E-state index contributed by atoms with van der Waals surface area (Å²) < 4.78 is 5.82. The van der Waals surface area contributed by atoms with Gasteiger partial charge in [0, 0.05) is 50.3 Å². The van der Waals surface area contributed by atoms with Crippen molar-refractivity contribution < 1.29 is 4.74 Å². The fraction of sp³-hybridized carbons (Fsp3) is 0.455. The van der Waals surface area contributed by atoms with Gasteiger partial charge in [0.25, 0.3) is 0 Å². The van der Waals surface area contributed by atoms with E-state index < -0.39 is 0 Å². The number of aromatic nitrogens is 2. The molecule has 2 fully saturated rings. The van der Waals surface area contributed by atoms with E-state index in [9.17, 15) is 0 Å². The summed E-state index contributed by atoms with van der Waals surface area (Å²) in [4.78, 5) is 15.7. The number of rotatable bonds is 4. The van der Waals surface area contributed by atoms with Gasteiger partial charge in [0.15, 0.2) is 0 Å². The van der Waals surface area contributed by atoms with Crippen molar-refractivity contribution in [3.63, 3.8) is 0 Å². The van der Waals surface area contributed by atoms with Gasteiger partial charge in [0.05, 0.1) is 11.5 Å². The molecule has 0 saturated carbocycles. The molecule has 2 saturated heterocycles. The monoisotopic (exact) mass is 394 g/mol. The first-order valence-corrected chi connectivity index (χ1v) is 11.1. The number of ether oxygens (including phenoxy) is 1. The smallest absolute Gasteiger partial charge is 0.141 e. The summed E-state index contributed by atoms with van der Waals surface area (Å²) in [7, 11) is 0. The molecular formula is C22H26N4OS. The van der Waals surface area contributed by atoms with E-state index in [0.717, 1.165) is 55.8 Å². The molecule has 2 aliphatic rings. The van der Waals surface area contributed by atoms with Crippen LogP contribution in [0.4, 0.5) is 5.82 Å². The molecule has 0 N–H and O–H groups in total. The number of benzene rings is 1. The van der Waals surface area contributed by atoms with Crippen LogP contribution in [0.1, 0.15) is 18.7 Å². The minimum atomic E-state index is 0.432. The number of thiophene rings is 1. The van der Waals surface area contributed by atoms with Crippen LogP contribution in [-0.2, 0) is 4.74 Å². The van der Waals surface area contributed by atoms with Crippen LogP contribution >= 0.6 is 11.3 Å². The van der Waals surface area contributed by atoms with Gasteiger partial charge >= 0.3 is 0 Å². The summed E-state index contributed by atoms with van der Waals surface area (Å²) in [5.74, 6) is 1.95. The Kier molecular flexibility index (Phi) is 5.01. The summed E-state index contributed by atoms with van der Waals surface area (Å²) >= 11 is 1.72. The molecule has 0 bridgehead atoms. The van der Waals surface area contributed by atoms with Crippen molar-refractivity contribution in [2.45, 2.75) is 25.9 Å². The highest BCUT2D eigenvalue weighted by Crippen LogP contribution is 2.38. The Hall–Kier alpha value is -2.02. The Morgan fingerprint density at radius 2 is 1.93 bits per heavy atom. The van der Waals surface area contributed by atoms with E-state index in [4.69, 9.17) is 14.7 Å². The van der Waals surface area contributed by atoms with E-state index in [1.165, 1.54) is 29.4 Å². The van der Waals surface area contributed by atoms with Gasteiger partial charge in [-0.3, -0.25) is 4.90 Å². The van der Waals surface area contributed by atoms with E-state index in [1.807, 2.05) is 6.92 Å². The van der Waals surface area contributed by atoms with Crippen LogP contribution in [0.5, 0.6) is 0 Å². The molecule has 5 rings (SSSR count). The van der Waals surface area contributed by atoms with Gasteiger partial charge in [-0.15, -0.1) is 11.3 Å². The Labute approximate surface area is 170 Å². The Morgan fingerprint density at radius 3 is 2.68 bits per heavy atom. The van der Waals surface area contributed by atoms with Crippen LogP contribution in [0, 0.1) is 6.92 Å². The normalized spacial score (nSPS) is 20.9. The zero-order valence-corrected chi connectivity index (χ0v) is 17.1. The predicted octanol–water partition coefficient (Wildman–Crippen LogP) is 3.97. The molecule has 6 heteroatoms. The summed E-state index contributed by atoms with van der Waals surface area (Å²) in [6.07, 6.45) is 2.85. The summed E-state index contributed by atoms with van der Waals surface area (Å²) in [6.45, 7) is 8.14. The van der Waals surface area contributed by atoms with Gasteiger partial charge in [-0.1, -0.05) is 30.3 Å². The van der Waals surface area contributed by atoms with Crippen LogP contribution in [0.2, 0.25) is 0 Å². The number of aryl methyl sites for hydroxylation is 1. The molecule has 0 spiro atoms. The number of piperazine rings is 1. The second-order valence-corrected chi connectivity index (χ2v) is 8.57. The zero-order chi connectivity index (χ0) is 18.9. The van der Waals surface area contributed by atoms with Gasteiger partial charge in [-0.2, -0.15) is 0 Å². The standard InChI is InChI=1S/C22H26N4OS/c1-16-23-21(26-11-9-25(10-12-26)14-18-8-5-13-27-18)20-19(15-28-22(20)24-16)17-6-3-2-4-7-17/h2-4,6-7,15,18H,5,8-14H2,1H3. The topological polar surface area (TPSA) is 41.5 Å². The largest absolute Gasteiger partial charge is 0.377 e. The number of nitrogens with zero attached hydrogens (tertiary/aromatic N) is 4. The maximum atomic E-state index is 5.82. The lowest BCUT2D eigenvalue weighted by atomic mass is 10.1. The van der Waals surface area contributed by atoms with E-state index in [0.29, 0.717) is 6.10 Å². The van der Waals surface area contributed by atoms with E-state index in [-0.39, 0.29) is 0 Å². The lowest BCUT2D eigenvalue weighted by Gasteiger charge is -2.36. The molecule has 0 amide bonds. The van der Waals surface area contributed by atoms with Gasteiger partial charge in [0.2, 0.25) is 0 Å². The number of anilines is 1. The SMILES string of the molecule is Cc1nc(N2CCN(CC3CCCO3)CC2)c2c(-c3ccccc3)csc2n1. The fourth-order valence-corrected chi connectivity index (χ4v) is 5.29. The molecule has 28 heavy (non-hydrogen) atoms. The molecule has 1 atom stereocenters. The predicted molar refractivity (Wildman–Crippen MR) is 115 cm³/mol. The van der Waals surface area contributed by atoms with Gasteiger partial charge in [-0.25, -0.2) is 9.97 Å². The zero-order valence-electron chi connectivity index (χ0n) is 16.3. The Morgan fingerprint density at radius 1 is 1.11 bits per heavy atom. The van der Waals surface area contributed by atoms with Crippen molar-refractivity contribution in [2.24, 2.45) is 0 Å². The second kappa shape index (κ2) is 7.78. The van der Waals surface area contributed by atoms with Crippen molar-refractivity contribution in [3.05, 3.63) is 41.5 Å². The first-order chi connectivity index (χ1) is 13.8. The van der Waals surface area contributed by atoms with Crippen LogP contribution in [0.15, 0.2) is 35.7 Å². The first kappa shape index (κ1) is 18.0. The highest BCUT2D eigenvalue weighted by Gasteiger charge is 2.25. The summed E-state index contributed by atoms with van der Waals surface area (Å²) in [5, 5.41) is 3.43. The third-order valence-electron chi connectivity index (χ3n) is 5.77. The molecule has 0 aliphatic carbocycles. The maximum absolute atomic E-state index is 5.82. The molecule has 0 radical (unpaired) electrons. The van der Waals surface area contributed by atoms with Crippen LogP contribution in [-0.4, -0.2) is 60.3 Å². The lowest BCUT2D eigenvalue weighted by molar-refractivity contribution is 0.0712. The van der Waals surface area contributed by atoms with Crippen molar-refractivity contribution in [2.75, 3.05) is 44.2 Å². The van der Waals surface area contributed by atoms with Crippen molar-refractivity contribution in [3.8, 4) is 11.1 Å². The average molecular weight is 395 g/mol. The third-order valence-corrected chi connectivity index (χ3v) is 6.64. The minimum absolute atomic E-state index is 0.432. The molecule has 2 aromatic heterocycles. The molecule has 1 aromatic carbocycles. The summed E-state index contributed by atoms with van der Waals surface area (Å²) in [6, 6.07) is 10.6. The first-order valence-electron chi connectivity index (χ1n) is 10.2. The van der Waals surface area contributed by atoms with Crippen molar-refractivity contribution >= 4 is 27.4 Å². The molecule has 5 nitrogen and oxygen atoms in total. The highest BCUT2D eigenvalue weighted by molar-refractivity contribution is 7.17. The fourth-order valence-electron chi connectivity index (χ4n) is 4.30. The minimum Gasteiger partial charge on any atom is -0.377 e. The average Bonchev–Trinajstić information content (AvgIpc) is 3.38. The van der Waals surface area contributed by atoms with Gasteiger partial charge < -0.3 is 9.64 Å². The Balaban J connectivity index is 1.42. The lowest BCUT2D eigenvalue weighted by Crippen LogP contribution is -2.48. The van der Waals surface area contributed by atoms with Gasteiger partial charge in [0.1, 0.15) is 16.5 Å². The van der Waals surface area contributed by atoms with Crippen molar-refractivity contribution in [1.82, 2.24) is 14.9 Å². The number of hydrogen-bond donors (Lipinski definition) is 0. The molecule has 2 aliphatic heterocycles. The number of fused-ring (bicyclic) bond motifs is 1. The van der Waals surface area contributed by atoms with E-state index >= 15 is 0 Å². The quantitative estimate of drug-likeness (QED) is 0.670. The number of hydrogen-bond acceptors (Lipinski definition) is 6. The van der Waals surface area contributed by atoms with Crippen LogP contribution in [0.25, 0.3) is 21.3 Å².